The molecule has 1 heterocycles. The average Bonchev–Trinajstić information content (AvgIpc) is 3.34. The highest BCUT2D eigenvalue weighted by atomic mass is 16.5. The zero-order valence-electron chi connectivity index (χ0n) is 12.2. The van der Waals surface area contributed by atoms with Gasteiger partial charge >= 0.3 is 0 Å². The lowest BCUT2D eigenvalue weighted by molar-refractivity contribution is -0.130. The highest BCUT2D eigenvalue weighted by Crippen LogP contribution is 2.33. The number of fused-ring (bicyclic) bond motifs is 1. The molecule has 0 aromatic heterocycles. The number of para-hydroxylation sites is 2. The molecule has 2 aliphatic rings. The Balaban J connectivity index is 1.66. The first-order valence-corrected chi connectivity index (χ1v) is 7.22. The molecule has 1 aliphatic heterocycles. The van der Waals surface area contributed by atoms with Gasteiger partial charge in [0.05, 0.1) is 5.69 Å². The summed E-state index contributed by atoms with van der Waals surface area (Å²) in [7, 11) is 0. The number of anilines is 1. The Labute approximate surface area is 127 Å². The van der Waals surface area contributed by atoms with Crippen molar-refractivity contribution >= 4 is 23.4 Å². The van der Waals surface area contributed by atoms with Gasteiger partial charge in [-0.25, -0.2) is 0 Å². The molecule has 1 saturated carbocycles. The van der Waals surface area contributed by atoms with Crippen molar-refractivity contribution in [2.45, 2.75) is 25.9 Å². The molecular formula is C15H17N3O4. The highest BCUT2D eigenvalue weighted by Gasteiger charge is 2.33. The zero-order valence-corrected chi connectivity index (χ0v) is 12.2. The van der Waals surface area contributed by atoms with Gasteiger partial charge in [0, 0.05) is 5.92 Å². The van der Waals surface area contributed by atoms with E-state index in [1.54, 1.807) is 31.2 Å². The Bertz CT molecular complexity index is 627. The zero-order chi connectivity index (χ0) is 15.7. The molecule has 0 spiro atoms. The van der Waals surface area contributed by atoms with Crippen LogP contribution in [0.15, 0.2) is 24.3 Å². The van der Waals surface area contributed by atoms with Crippen LogP contribution in [0.4, 0.5) is 5.69 Å². The Morgan fingerprint density at radius 3 is 2.73 bits per heavy atom. The molecule has 1 aliphatic carbocycles. The standard InChI is InChI=1S/C15H17N3O4/c1-9-15(21)18(11-4-2-3-5-12(11)22-9)8-13(19)16-17-14(20)10-6-7-10/h2-5,9-10H,6-8H2,1H3,(H,16,19)(H,17,20)/t9-/m0/s1. The molecule has 3 rings (SSSR count). The van der Waals surface area contributed by atoms with Crippen LogP contribution in [-0.4, -0.2) is 30.4 Å². The number of hydrogen-bond acceptors (Lipinski definition) is 4. The van der Waals surface area contributed by atoms with E-state index in [9.17, 15) is 14.4 Å². The first-order valence-electron chi connectivity index (χ1n) is 7.22. The normalized spacial score (nSPS) is 20.0. The van der Waals surface area contributed by atoms with Crippen LogP contribution >= 0.6 is 0 Å². The molecule has 1 aromatic carbocycles. The van der Waals surface area contributed by atoms with Gasteiger partial charge < -0.3 is 4.74 Å². The van der Waals surface area contributed by atoms with Crippen LogP contribution in [0.25, 0.3) is 0 Å². The van der Waals surface area contributed by atoms with Crippen LogP contribution in [0.1, 0.15) is 19.8 Å². The van der Waals surface area contributed by atoms with E-state index >= 15 is 0 Å². The summed E-state index contributed by atoms with van der Waals surface area (Å²) in [6, 6.07) is 7.04. The van der Waals surface area contributed by atoms with E-state index < -0.39 is 12.0 Å². The molecule has 0 bridgehead atoms. The van der Waals surface area contributed by atoms with Gasteiger partial charge in [0.15, 0.2) is 6.10 Å². The first kappa shape index (κ1) is 14.4. The molecule has 7 nitrogen and oxygen atoms in total. The second kappa shape index (κ2) is 5.67. The second-order valence-corrected chi connectivity index (χ2v) is 5.46. The van der Waals surface area contributed by atoms with Crippen molar-refractivity contribution in [2.24, 2.45) is 5.92 Å². The maximum atomic E-state index is 12.2. The summed E-state index contributed by atoms with van der Waals surface area (Å²) < 4.78 is 5.50. The van der Waals surface area contributed by atoms with Crippen LogP contribution in [0, 0.1) is 5.92 Å². The minimum atomic E-state index is -0.649. The molecule has 1 aromatic rings. The Morgan fingerprint density at radius 2 is 2.00 bits per heavy atom. The number of carbonyl (C=O) groups excluding carboxylic acids is 3. The number of benzene rings is 1. The van der Waals surface area contributed by atoms with Crippen molar-refractivity contribution < 1.29 is 19.1 Å². The van der Waals surface area contributed by atoms with E-state index in [1.807, 2.05) is 0 Å². The third-order valence-electron chi connectivity index (χ3n) is 3.65. The fourth-order valence-corrected chi connectivity index (χ4v) is 2.28. The molecule has 2 N–H and O–H groups in total. The smallest absolute Gasteiger partial charge is 0.268 e. The lowest BCUT2D eigenvalue weighted by Crippen LogP contribution is -2.52. The number of hydrogen-bond donors (Lipinski definition) is 2. The first-order chi connectivity index (χ1) is 10.6. The molecule has 3 amide bonds. The number of amides is 3. The molecule has 1 fully saturated rings. The summed E-state index contributed by atoms with van der Waals surface area (Å²) in [5.74, 6) is -0.362. The van der Waals surface area contributed by atoms with Gasteiger partial charge in [-0.2, -0.15) is 0 Å². The number of nitrogens with zero attached hydrogens (tertiary/aromatic N) is 1. The van der Waals surface area contributed by atoms with Crippen LogP contribution in [0.5, 0.6) is 5.75 Å². The quantitative estimate of drug-likeness (QED) is 0.789. The topological polar surface area (TPSA) is 87.7 Å². The molecule has 0 unspecified atom stereocenters. The summed E-state index contributed by atoms with van der Waals surface area (Å²) >= 11 is 0. The summed E-state index contributed by atoms with van der Waals surface area (Å²) in [5, 5.41) is 0. The predicted molar refractivity (Wildman–Crippen MR) is 77.9 cm³/mol. The third kappa shape index (κ3) is 2.88. The van der Waals surface area contributed by atoms with E-state index in [-0.39, 0.29) is 24.3 Å². The van der Waals surface area contributed by atoms with Crippen molar-refractivity contribution in [2.75, 3.05) is 11.4 Å². The summed E-state index contributed by atoms with van der Waals surface area (Å²) in [6.07, 6.45) is 1.06. The molecule has 7 heteroatoms. The average molecular weight is 303 g/mol. The molecule has 22 heavy (non-hydrogen) atoms. The number of ether oxygens (including phenoxy) is 1. The van der Waals surface area contributed by atoms with Crippen LogP contribution in [0.2, 0.25) is 0 Å². The Hall–Kier alpha value is -2.57. The van der Waals surface area contributed by atoms with Crippen molar-refractivity contribution in [3.05, 3.63) is 24.3 Å². The van der Waals surface area contributed by atoms with Crippen molar-refractivity contribution in [3.63, 3.8) is 0 Å². The number of hydrazine groups is 1. The lowest BCUT2D eigenvalue weighted by Gasteiger charge is -2.32. The van der Waals surface area contributed by atoms with Crippen molar-refractivity contribution in [1.29, 1.82) is 0 Å². The lowest BCUT2D eigenvalue weighted by atomic mass is 10.2. The number of nitrogens with one attached hydrogen (secondary N) is 2. The molecular weight excluding hydrogens is 286 g/mol. The van der Waals surface area contributed by atoms with Gasteiger partial charge in [-0.15, -0.1) is 0 Å². The van der Waals surface area contributed by atoms with Crippen LogP contribution in [-0.2, 0) is 14.4 Å². The predicted octanol–water partition coefficient (Wildman–Crippen LogP) is 0.358. The molecule has 0 saturated heterocycles. The monoisotopic (exact) mass is 303 g/mol. The van der Waals surface area contributed by atoms with Gasteiger partial charge in [0.1, 0.15) is 12.3 Å². The minimum absolute atomic E-state index is 0.00562. The van der Waals surface area contributed by atoms with Gasteiger partial charge in [-0.1, -0.05) is 12.1 Å². The fraction of sp³-hybridized carbons (Fsp3) is 0.400. The van der Waals surface area contributed by atoms with Crippen LogP contribution < -0.4 is 20.5 Å². The van der Waals surface area contributed by atoms with Gasteiger partial charge in [0.25, 0.3) is 11.8 Å². The van der Waals surface area contributed by atoms with Crippen molar-refractivity contribution in [3.8, 4) is 5.75 Å². The summed E-state index contributed by atoms with van der Waals surface area (Å²) in [4.78, 5) is 37.0. The maximum Gasteiger partial charge on any atom is 0.268 e. The van der Waals surface area contributed by atoms with Crippen molar-refractivity contribution in [1.82, 2.24) is 10.9 Å². The third-order valence-corrected chi connectivity index (χ3v) is 3.65. The van der Waals surface area contributed by atoms with E-state index in [1.165, 1.54) is 4.90 Å². The highest BCUT2D eigenvalue weighted by molar-refractivity contribution is 6.03. The minimum Gasteiger partial charge on any atom is -0.479 e. The van der Waals surface area contributed by atoms with Gasteiger partial charge in [-0.3, -0.25) is 30.1 Å². The molecule has 1 atom stereocenters. The Kier molecular flexibility index (Phi) is 3.70. The van der Waals surface area contributed by atoms with E-state index in [4.69, 9.17) is 4.74 Å². The van der Waals surface area contributed by atoms with E-state index in [0.29, 0.717) is 11.4 Å². The molecule has 0 radical (unpaired) electrons. The van der Waals surface area contributed by atoms with E-state index in [2.05, 4.69) is 10.9 Å². The van der Waals surface area contributed by atoms with Gasteiger partial charge in [0.2, 0.25) is 5.91 Å². The Morgan fingerprint density at radius 1 is 1.27 bits per heavy atom. The fourth-order valence-electron chi connectivity index (χ4n) is 2.28. The molecule has 116 valence electrons. The number of carbonyl (C=O) groups is 3. The number of rotatable bonds is 3. The summed E-state index contributed by atoms with van der Waals surface area (Å²) in [6.45, 7) is 1.46. The van der Waals surface area contributed by atoms with Crippen LogP contribution in [0.3, 0.4) is 0 Å². The van der Waals surface area contributed by atoms with E-state index in [0.717, 1.165) is 12.8 Å². The second-order valence-electron chi connectivity index (χ2n) is 5.46. The van der Waals surface area contributed by atoms with Gasteiger partial charge in [-0.05, 0) is 31.9 Å². The SMILES string of the molecule is C[C@@H]1Oc2ccccc2N(CC(=O)NNC(=O)C2CC2)C1=O. The maximum absolute atomic E-state index is 12.2. The largest absolute Gasteiger partial charge is 0.479 e. The summed E-state index contributed by atoms with van der Waals surface area (Å²) in [5.41, 5.74) is 5.27.